The Labute approximate surface area is 152 Å². The first-order chi connectivity index (χ1) is 12.0. The predicted molar refractivity (Wildman–Crippen MR) is 97.3 cm³/mol. The highest BCUT2D eigenvalue weighted by Crippen LogP contribution is 2.35. The molecule has 0 saturated carbocycles. The predicted octanol–water partition coefficient (Wildman–Crippen LogP) is 1.52. The number of imide groups is 1. The van der Waals surface area contributed by atoms with Crippen molar-refractivity contribution in [1.29, 1.82) is 0 Å². The van der Waals surface area contributed by atoms with Crippen LogP contribution in [0.2, 0.25) is 0 Å². The summed E-state index contributed by atoms with van der Waals surface area (Å²) in [5, 5.41) is 3.38. The van der Waals surface area contributed by atoms with Gasteiger partial charge in [0.1, 0.15) is 4.83 Å². The van der Waals surface area contributed by atoms with Crippen LogP contribution in [-0.4, -0.2) is 44.7 Å². The van der Waals surface area contributed by atoms with Gasteiger partial charge in [-0.3, -0.25) is 19.1 Å². The number of rotatable bonds is 3. The molecule has 1 atom stereocenters. The summed E-state index contributed by atoms with van der Waals surface area (Å²) in [6, 6.07) is -0.357. The van der Waals surface area contributed by atoms with E-state index in [0.717, 1.165) is 35.0 Å². The quantitative estimate of drug-likeness (QED) is 0.647. The van der Waals surface area contributed by atoms with Crippen LogP contribution in [0.3, 0.4) is 0 Å². The number of fused-ring (bicyclic) bond motifs is 3. The zero-order valence-electron chi connectivity index (χ0n) is 14.0. The number of hydrogen-bond acceptors (Lipinski definition) is 6. The molecular weight excluding hydrogens is 360 g/mol. The highest BCUT2D eigenvalue weighted by molar-refractivity contribution is 8.00. The Morgan fingerprint density at radius 2 is 2.16 bits per heavy atom. The Kier molecular flexibility index (Phi) is 4.07. The molecule has 1 aliphatic carbocycles. The first kappa shape index (κ1) is 16.6. The van der Waals surface area contributed by atoms with E-state index < -0.39 is 5.25 Å². The van der Waals surface area contributed by atoms with Crippen molar-refractivity contribution in [2.75, 3.05) is 13.1 Å². The Bertz CT molecular complexity index is 949. The van der Waals surface area contributed by atoms with Gasteiger partial charge in [-0.2, -0.15) is 0 Å². The van der Waals surface area contributed by atoms with E-state index in [0.29, 0.717) is 18.2 Å². The van der Waals surface area contributed by atoms with Crippen LogP contribution in [0, 0.1) is 0 Å². The number of aryl methyl sites for hydroxylation is 2. The molecule has 2 aromatic rings. The van der Waals surface area contributed by atoms with Crippen molar-refractivity contribution in [3.63, 3.8) is 0 Å². The number of thiophene rings is 1. The van der Waals surface area contributed by atoms with E-state index in [9.17, 15) is 14.4 Å². The van der Waals surface area contributed by atoms with Crippen molar-refractivity contribution in [3.05, 3.63) is 20.8 Å². The Balaban J connectivity index is 1.65. The van der Waals surface area contributed by atoms with Gasteiger partial charge in [0.05, 0.1) is 10.6 Å². The normalized spacial score (nSPS) is 17.8. The number of carbonyl (C=O) groups excluding carboxylic acids is 2. The van der Waals surface area contributed by atoms with Gasteiger partial charge in [-0.15, -0.1) is 11.3 Å². The summed E-state index contributed by atoms with van der Waals surface area (Å²) in [5.41, 5.74) is 1.10. The van der Waals surface area contributed by atoms with Crippen LogP contribution in [0.1, 0.15) is 23.8 Å². The van der Waals surface area contributed by atoms with E-state index in [1.807, 2.05) is 0 Å². The van der Waals surface area contributed by atoms with Gasteiger partial charge in [0.25, 0.3) is 5.56 Å². The standard InChI is InChI=1S/C16H18N4O3S2/c1-8(13(21)20-7-6-17-15(20)23)24-16-18-12-11(14(22)19(16)2)9-4-3-5-10(9)25-12/h8H,3-7H2,1-2H3,(H,17,23)/t8-/m0/s1. The number of urea groups is 1. The van der Waals surface area contributed by atoms with E-state index in [-0.39, 0.29) is 17.5 Å². The summed E-state index contributed by atoms with van der Waals surface area (Å²) in [7, 11) is 1.69. The molecule has 132 valence electrons. The number of nitrogens with one attached hydrogen (secondary N) is 1. The lowest BCUT2D eigenvalue weighted by molar-refractivity contribution is -0.126. The van der Waals surface area contributed by atoms with Gasteiger partial charge >= 0.3 is 6.03 Å². The Morgan fingerprint density at radius 1 is 1.36 bits per heavy atom. The molecular formula is C16H18N4O3S2. The Morgan fingerprint density at radius 3 is 2.88 bits per heavy atom. The molecule has 3 amide bonds. The zero-order valence-corrected chi connectivity index (χ0v) is 15.6. The molecule has 3 heterocycles. The van der Waals surface area contributed by atoms with Crippen molar-refractivity contribution < 1.29 is 9.59 Å². The molecule has 1 aliphatic heterocycles. The van der Waals surface area contributed by atoms with Crippen molar-refractivity contribution in [2.45, 2.75) is 36.6 Å². The second-order valence-corrected chi connectivity index (χ2v) is 8.67. The fourth-order valence-corrected chi connectivity index (χ4v) is 5.56. The monoisotopic (exact) mass is 378 g/mol. The van der Waals surface area contributed by atoms with E-state index >= 15 is 0 Å². The summed E-state index contributed by atoms with van der Waals surface area (Å²) in [6.07, 6.45) is 3.05. The van der Waals surface area contributed by atoms with Crippen LogP contribution >= 0.6 is 23.1 Å². The minimum atomic E-state index is -0.494. The lowest BCUT2D eigenvalue weighted by atomic mass is 10.2. The SMILES string of the molecule is C[C@H](Sc1nc2sc3c(c2c(=O)n1C)CCC3)C(=O)N1CCNC1=O. The van der Waals surface area contributed by atoms with Gasteiger partial charge < -0.3 is 5.32 Å². The molecule has 9 heteroatoms. The van der Waals surface area contributed by atoms with Crippen LogP contribution in [0.25, 0.3) is 10.2 Å². The minimum absolute atomic E-state index is 0.0505. The van der Waals surface area contributed by atoms with Crippen molar-refractivity contribution in [2.24, 2.45) is 7.05 Å². The molecule has 0 unspecified atom stereocenters. The number of aromatic nitrogens is 2. The maximum absolute atomic E-state index is 12.8. The third-order valence-corrected chi connectivity index (χ3v) is 6.97. The second kappa shape index (κ2) is 6.14. The van der Waals surface area contributed by atoms with E-state index in [1.54, 1.807) is 25.3 Å². The molecule has 2 aromatic heterocycles. The van der Waals surface area contributed by atoms with Gasteiger partial charge in [0, 0.05) is 25.0 Å². The lowest BCUT2D eigenvalue weighted by Gasteiger charge is -2.17. The molecule has 0 radical (unpaired) electrons. The third-order valence-electron chi connectivity index (χ3n) is 4.66. The maximum Gasteiger partial charge on any atom is 0.324 e. The number of amides is 3. The van der Waals surface area contributed by atoms with Crippen LogP contribution < -0.4 is 10.9 Å². The molecule has 1 N–H and O–H groups in total. The molecule has 0 spiro atoms. The van der Waals surface area contributed by atoms with Crippen LogP contribution in [0.15, 0.2) is 9.95 Å². The summed E-state index contributed by atoms with van der Waals surface area (Å²) < 4.78 is 1.52. The third kappa shape index (κ3) is 2.65. The zero-order chi connectivity index (χ0) is 17.7. The first-order valence-corrected chi connectivity index (χ1v) is 9.94. The smallest absolute Gasteiger partial charge is 0.324 e. The maximum atomic E-state index is 12.8. The second-order valence-electron chi connectivity index (χ2n) is 6.28. The first-order valence-electron chi connectivity index (χ1n) is 8.24. The van der Waals surface area contributed by atoms with E-state index in [4.69, 9.17) is 0 Å². The van der Waals surface area contributed by atoms with Gasteiger partial charge in [0.15, 0.2) is 5.16 Å². The van der Waals surface area contributed by atoms with Gasteiger partial charge in [-0.25, -0.2) is 9.78 Å². The molecule has 25 heavy (non-hydrogen) atoms. The highest BCUT2D eigenvalue weighted by Gasteiger charge is 2.31. The van der Waals surface area contributed by atoms with E-state index in [1.165, 1.54) is 26.1 Å². The molecule has 1 saturated heterocycles. The average Bonchev–Trinajstić information content (AvgIpc) is 3.27. The summed E-state index contributed by atoms with van der Waals surface area (Å²) in [5.74, 6) is -0.261. The molecule has 7 nitrogen and oxygen atoms in total. The van der Waals surface area contributed by atoms with Gasteiger partial charge in [0.2, 0.25) is 5.91 Å². The fourth-order valence-electron chi connectivity index (χ4n) is 3.32. The van der Waals surface area contributed by atoms with Crippen LogP contribution in [0.4, 0.5) is 4.79 Å². The van der Waals surface area contributed by atoms with Crippen molar-refractivity contribution in [1.82, 2.24) is 19.8 Å². The van der Waals surface area contributed by atoms with Gasteiger partial charge in [-0.05, 0) is 31.7 Å². The van der Waals surface area contributed by atoms with Gasteiger partial charge in [-0.1, -0.05) is 11.8 Å². The molecule has 4 rings (SSSR count). The van der Waals surface area contributed by atoms with Crippen LogP contribution in [0.5, 0.6) is 0 Å². The van der Waals surface area contributed by atoms with Crippen LogP contribution in [-0.2, 0) is 24.7 Å². The largest absolute Gasteiger partial charge is 0.336 e. The number of hydrogen-bond donors (Lipinski definition) is 1. The molecule has 0 aromatic carbocycles. The highest BCUT2D eigenvalue weighted by atomic mass is 32.2. The summed E-state index contributed by atoms with van der Waals surface area (Å²) in [4.78, 5) is 44.8. The molecule has 1 fully saturated rings. The summed E-state index contributed by atoms with van der Waals surface area (Å²) >= 11 is 2.81. The number of thioether (sulfide) groups is 1. The molecule has 2 aliphatic rings. The summed E-state index contributed by atoms with van der Waals surface area (Å²) in [6.45, 7) is 2.60. The topological polar surface area (TPSA) is 84.3 Å². The van der Waals surface area contributed by atoms with E-state index in [2.05, 4.69) is 10.3 Å². The number of nitrogens with zero attached hydrogens (tertiary/aromatic N) is 3. The lowest BCUT2D eigenvalue weighted by Crippen LogP contribution is -2.39. The Hall–Kier alpha value is -1.87. The molecule has 0 bridgehead atoms. The van der Waals surface area contributed by atoms with Crippen molar-refractivity contribution in [3.8, 4) is 0 Å². The minimum Gasteiger partial charge on any atom is -0.336 e. The fraction of sp³-hybridized carbons (Fsp3) is 0.500. The van der Waals surface area contributed by atoms with Crippen molar-refractivity contribution >= 4 is 45.3 Å². The number of carbonyl (C=O) groups is 2. The average molecular weight is 378 g/mol.